The van der Waals surface area contributed by atoms with Crippen molar-refractivity contribution >= 4 is 10.8 Å². The van der Waals surface area contributed by atoms with E-state index >= 15 is 0 Å². The van der Waals surface area contributed by atoms with Gasteiger partial charge in [-0.2, -0.15) is 18.3 Å². The van der Waals surface area contributed by atoms with Gasteiger partial charge in [0.25, 0.3) is 0 Å². The number of aromatic nitrogens is 3. The number of fused-ring (bicyclic) bond motifs is 1. The molecule has 0 atom stereocenters. The Kier molecular flexibility index (Phi) is 5.88. The first-order valence-electron chi connectivity index (χ1n) is 10.3. The number of methoxy groups -OCH3 is 2. The van der Waals surface area contributed by atoms with Crippen LogP contribution in [0, 0.1) is 5.41 Å². The second kappa shape index (κ2) is 8.65. The van der Waals surface area contributed by atoms with Crippen molar-refractivity contribution in [1.82, 2.24) is 14.3 Å². The van der Waals surface area contributed by atoms with Crippen LogP contribution in [0.2, 0.25) is 0 Å². The highest BCUT2D eigenvalue weighted by molar-refractivity contribution is 5.83. The number of nitrogens with one attached hydrogen (secondary N) is 1. The number of hydrogen-bond acceptors (Lipinski definition) is 4. The SMILES string of the molecule is CCc1cc(C(F)(F)F)n(-c2ccc3ccn(Cc4ccc(OC)cc4OC)c(=N)c3c2)n1. The Morgan fingerprint density at radius 2 is 1.79 bits per heavy atom. The largest absolute Gasteiger partial charge is 0.497 e. The fraction of sp³-hybridized carbons (Fsp3) is 0.250. The second-order valence-corrected chi connectivity index (χ2v) is 7.53. The average Bonchev–Trinajstić information content (AvgIpc) is 3.26. The lowest BCUT2D eigenvalue weighted by Crippen LogP contribution is -2.21. The fourth-order valence-corrected chi connectivity index (χ4v) is 3.73. The maximum Gasteiger partial charge on any atom is 0.433 e. The van der Waals surface area contributed by atoms with Crippen molar-refractivity contribution in [2.24, 2.45) is 0 Å². The zero-order valence-electron chi connectivity index (χ0n) is 18.4. The van der Waals surface area contributed by atoms with Crippen LogP contribution in [0.3, 0.4) is 0 Å². The molecule has 2 aromatic carbocycles. The molecule has 172 valence electrons. The van der Waals surface area contributed by atoms with E-state index in [4.69, 9.17) is 14.9 Å². The molecule has 0 fully saturated rings. The molecule has 4 rings (SSSR count). The number of nitrogens with zero attached hydrogens (tertiary/aromatic N) is 3. The van der Waals surface area contributed by atoms with Gasteiger partial charge in [0, 0.05) is 23.2 Å². The summed E-state index contributed by atoms with van der Waals surface area (Å²) in [6.07, 6.45) is -2.38. The van der Waals surface area contributed by atoms with Gasteiger partial charge >= 0.3 is 6.18 Å². The third kappa shape index (κ3) is 4.30. The third-order valence-electron chi connectivity index (χ3n) is 5.51. The predicted molar refractivity (Wildman–Crippen MR) is 118 cm³/mol. The normalized spacial score (nSPS) is 11.7. The molecule has 33 heavy (non-hydrogen) atoms. The lowest BCUT2D eigenvalue weighted by Gasteiger charge is -2.14. The molecule has 0 radical (unpaired) electrons. The Morgan fingerprint density at radius 3 is 2.45 bits per heavy atom. The molecule has 0 aliphatic carbocycles. The molecule has 2 aromatic heterocycles. The summed E-state index contributed by atoms with van der Waals surface area (Å²) in [7, 11) is 3.13. The van der Waals surface area contributed by atoms with Crippen molar-refractivity contribution in [3.05, 3.63) is 77.2 Å². The van der Waals surface area contributed by atoms with E-state index in [1.807, 2.05) is 18.2 Å². The van der Waals surface area contributed by atoms with Crippen LogP contribution < -0.4 is 15.0 Å². The van der Waals surface area contributed by atoms with E-state index in [0.29, 0.717) is 35.5 Å². The summed E-state index contributed by atoms with van der Waals surface area (Å²) in [4.78, 5) is 0. The van der Waals surface area contributed by atoms with Gasteiger partial charge in [-0.25, -0.2) is 4.68 Å². The molecule has 9 heteroatoms. The Bertz CT molecular complexity index is 1370. The molecule has 0 spiro atoms. The minimum absolute atomic E-state index is 0.170. The number of alkyl halides is 3. The van der Waals surface area contributed by atoms with Gasteiger partial charge in [0.1, 0.15) is 22.7 Å². The summed E-state index contributed by atoms with van der Waals surface area (Å²) in [5.41, 5.74) is 0.776. The number of aryl methyl sites for hydroxylation is 1. The van der Waals surface area contributed by atoms with E-state index in [9.17, 15) is 13.2 Å². The first-order valence-corrected chi connectivity index (χ1v) is 10.3. The Morgan fingerprint density at radius 1 is 1.00 bits per heavy atom. The minimum Gasteiger partial charge on any atom is -0.497 e. The highest BCUT2D eigenvalue weighted by atomic mass is 19.4. The predicted octanol–water partition coefficient (Wildman–Crippen LogP) is 4.95. The highest BCUT2D eigenvalue weighted by Gasteiger charge is 2.36. The lowest BCUT2D eigenvalue weighted by atomic mass is 10.1. The Labute approximate surface area is 188 Å². The van der Waals surface area contributed by atoms with E-state index in [-0.39, 0.29) is 11.2 Å². The molecule has 0 unspecified atom stereocenters. The Hall–Kier alpha value is -3.75. The Balaban J connectivity index is 1.80. The van der Waals surface area contributed by atoms with Gasteiger partial charge in [0.05, 0.1) is 32.1 Å². The molecule has 1 N–H and O–H groups in total. The van der Waals surface area contributed by atoms with E-state index < -0.39 is 11.9 Å². The van der Waals surface area contributed by atoms with Crippen LogP contribution in [0.5, 0.6) is 11.5 Å². The molecule has 0 aliphatic rings. The maximum absolute atomic E-state index is 13.6. The van der Waals surface area contributed by atoms with Gasteiger partial charge in [-0.3, -0.25) is 5.41 Å². The van der Waals surface area contributed by atoms with E-state index in [1.54, 1.807) is 56.2 Å². The van der Waals surface area contributed by atoms with Crippen molar-refractivity contribution in [2.45, 2.75) is 26.1 Å². The van der Waals surface area contributed by atoms with Crippen molar-refractivity contribution < 1.29 is 22.6 Å². The monoisotopic (exact) mass is 456 g/mol. The van der Waals surface area contributed by atoms with E-state index in [1.165, 1.54) is 0 Å². The van der Waals surface area contributed by atoms with Crippen LogP contribution in [0.25, 0.3) is 16.5 Å². The number of rotatable bonds is 6. The van der Waals surface area contributed by atoms with Crippen molar-refractivity contribution in [1.29, 1.82) is 5.41 Å². The number of hydrogen-bond donors (Lipinski definition) is 1. The van der Waals surface area contributed by atoms with Crippen molar-refractivity contribution in [2.75, 3.05) is 14.2 Å². The molecule has 0 amide bonds. The number of ether oxygens (including phenoxy) is 2. The van der Waals surface area contributed by atoms with Gasteiger partial charge in [0.2, 0.25) is 0 Å². The first kappa shape index (κ1) is 22.4. The first-order chi connectivity index (χ1) is 15.7. The minimum atomic E-state index is -4.54. The molecule has 6 nitrogen and oxygen atoms in total. The lowest BCUT2D eigenvalue weighted by molar-refractivity contribution is -0.142. The molecule has 2 heterocycles. The zero-order chi connectivity index (χ0) is 23.8. The number of halogens is 3. The van der Waals surface area contributed by atoms with Gasteiger partial charge < -0.3 is 14.0 Å². The van der Waals surface area contributed by atoms with E-state index in [0.717, 1.165) is 21.7 Å². The zero-order valence-corrected chi connectivity index (χ0v) is 18.4. The van der Waals surface area contributed by atoms with Crippen LogP contribution in [0.15, 0.2) is 54.7 Å². The molecule has 0 saturated carbocycles. The van der Waals surface area contributed by atoms with Crippen LogP contribution in [-0.2, 0) is 19.1 Å². The quantitative estimate of drug-likeness (QED) is 0.446. The van der Waals surface area contributed by atoms with Gasteiger partial charge in [0.15, 0.2) is 0 Å². The van der Waals surface area contributed by atoms with Crippen molar-refractivity contribution in [3.8, 4) is 17.2 Å². The van der Waals surface area contributed by atoms with Gasteiger partial charge in [-0.05, 0) is 48.2 Å². The van der Waals surface area contributed by atoms with Crippen LogP contribution in [0.1, 0.15) is 23.9 Å². The van der Waals surface area contributed by atoms with Crippen LogP contribution in [0.4, 0.5) is 13.2 Å². The number of pyridine rings is 1. The molecule has 4 aromatic rings. The van der Waals surface area contributed by atoms with Crippen LogP contribution >= 0.6 is 0 Å². The maximum atomic E-state index is 13.6. The summed E-state index contributed by atoms with van der Waals surface area (Å²) >= 11 is 0. The third-order valence-corrected chi connectivity index (χ3v) is 5.51. The topological polar surface area (TPSA) is 65.1 Å². The van der Waals surface area contributed by atoms with Crippen molar-refractivity contribution in [3.63, 3.8) is 0 Å². The standard InChI is InChI=1S/C24H23F3N4O2/c1-4-17-11-22(24(25,26)27)31(29-17)18-7-5-15-9-10-30(23(28)20(15)12-18)14-16-6-8-19(32-2)13-21(16)33-3/h5-13,28H,4,14H2,1-3H3. The summed E-state index contributed by atoms with van der Waals surface area (Å²) < 4.78 is 54.1. The summed E-state index contributed by atoms with van der Waals surface area (Å²) in [6.45, 7) is 2.10. The van der Waals surface area contributed by atoms with Gasteiger partial charge in [-0.15, -0.1) is 0 Å². The van der Waals surface area contributed by atoms with Gasteiger partial charge in [-0.1, -0.05) is 13.0 Å². The fourth-order valence-electron chi connectivity index (χ4n) is 3.73. The second-order valence-electron chi connectivity index (χ2n) is 7.53. The molecule has 0 aliphatic heterocycles. The summed E-state index contributed by atoms with van der Waals surface area (Å²) in [5.74, 6) is 1.27. The smallest absolute Gasteiger partial charge is 0.433 e. The van der Waals surface area contributed by atoms with E-state index in [2.05, 4.69) is 5.10 Å². The molecular weight excluding hydrogens is 433 g/mol. The highest BCUT2D eigenvalue weighted by Crippen LogP contribution is 2.32. The number of benzene rings is 2. The van der Waals surface area contributed by atoms with Crippen LogP contribution in [-0.4, -0.2) is 28.6 Å². The summed E-state index contributed by atoms with van der Waals surface area (Å²) in [6, 6.07) is 13.2. The average molecular weight is 456 g/mol. The molecule has 0 saturated heterocycles. The molecular formula is C24H23F3N4O2. The molecule has 0 bridgehead atoms. The summed E-state index contributed by atoms with van der Waals surface area (Å²) in [5, 5.41) is 14.1.